The summed E-state index contributed by atoms with van der Waals surface area (Å²) < 4.78 is 5.59. The van der Waals surface area contributed by atoms with Crippen LogP contribution >= 0.6 is 0 Å². The summed E-state index contributed by atoms with van der Waals surface area (Å²) in [5.74, 6) is 1.08. The molecule has 112 valence electrons. The fourth-order valence-corrected chi connectivity index (χ4v) is 1.50. The molecular weight excluding hydrogens is 238 g/mol. The lowest BCUT2D eigenvalue weighted by Gasteiger charge is -2.23. The van der Waals surface area contributed by atoms with E-state index < -0.39 is 0 Å². The molecule has 3 heteroatoms. The van der Waals surface area contributed by atoms with E-state index in [4.69, 9.17) is 4.74 Å². The van der Waals surface area contributed by atoms with Crippen molar-refractivity contribution in [3.8, 4) is 0 Å². The molecule has 3 nitrogen and oxygen atoms in total. The molecule has 1 unspecified atom stereocenters. The highest BCUT2D eigenvalue weighted by molar-refractivity contribution is 5.81. The van der Waals surface area contributed by atoms with Crippen molar-refractivity contribution in [3.05, 3.63) is 24.5 Å². The van der Waals surface area contributed by atoms with Crippen molar-refractivity contribution in [3.63, 3.8) is 0 Å². The quantitative estimate of drug-likeness (QED) is 0.617. The van der Waals surface area contributed by atoms with E-state index in [1.54, 1.807) is 6.08 Å². The first kappa shape index (κ1) is 20.1. The number of carbonyl (C=O) groups is 1. The zero-order chi connectivity index (χ0) is 15.3. The summed E-state index contributed by atoms with van der Waals surface area (Å²) in [5.41, 5.74) is 0. The molecule has 1 aliphatic rings. The van der Waals surface area contributed by atoms with Crippen molar-refractivity contribution in [1.82, 2.24) is 5.32 Å². The van der Waals surface area contributed by atoms with Crippen molar-refractivity contribution < 1.29 is 9.53 Å². The van der Waals surface area contributed by atoms with Crippen LogP contribution in [0.4, 0.5) is 0 Å². The Morgan fingerprint density at radius 1 is 1.37 bits per heavy atom. The Morgan fingerprint density at radius 2 is 1.95 bits per heavy atom. The summed E-state index contributed by atoms with van der Waals surface area (Å²) in [4.78, 5) is 11.4. The number of piperidine rings is 1. The molecule has 1 N–H and O–H groups in total. The number of rotatable bonds is 4. The van der Waals surface area contributed by atoms with Crippen LogP contribution in [0.2, 0.25) is 0 Å². The van der Waals surface area contributed by atoms with Gasteiger partial charge in [0.2, 0.25) is 0 Å². The summed E-state index contributed by atoms with van der Waals surface area (Å²) in [5, 5.41) is 2.79. The SMILES string of the molecule is C=C/C(=C\C(C)C)OC1CCCNC1=O.CC.CC. The maximum absolute atomic E-state index is 11.4. The molecule has 1 amide bonds. The Hall–Kier alpha value is -1.25. The van der Waals surface area contributed by atoms with E-state index in [9.17, 15) is 4.79 Å². The largest absolute Gasteiger partial charge is 0.481 e. The Labute approximate surface area is 119 Å². The van der Waals surface area contributed by atoms with Crippen LogP contribution in [0, 0.1) is 5.92 Å². The van der Waals surface area contributed by atoms with Crippen LogP contribution in [-0.4, -0.2) is 18.6 Å². The van der Waals surface area contributed by atoms with Gasteiger partial charge in [-0.15, -0.1) is 0 Å². The summed E-state index contributed by atoms with van der Waals surface area (Å²) in [7, 11) is 0. The minimum atomic E-state index is -0.346. The molecule has 0 aromatic heterocycles. The van der Waals surface area contributed by atoms with Crippen LogP contribution in [0.3, 0.4) is 0 Å². The van der Waals surface area contributed by atoms with Crippen LogP contribution in [0.5, 0.6) is 0 Å². The second-order valence-electron chi connectivity index (χ2n) is 4.06. The standard InChI is InChI=1S/C12H19NO2.2C2H6/c1-4-10(8-9(2)3)15-11-6-5-7-13-12(11)14;2*1-2/h4,8-9,11H,1,5-7H2,2-3H3,(H,13,14);2*1-2H3/b10-8+;;. The third-order valence-corrected chi connectivity index (χ3v) is 2.21. The van der Waals surface area contributed by atoms with E-state index >= 15 is 0 Å². The summed E-state index contributed by atoms with van der Waals surface area (Å²) >= 11 is 0. The first-order valence-corrected chi connectivity index (χ1v) is 7.42. The Bertz CT molecular complexity index is 270. The molecule has 1 aliphatic heterocycles. The summed E-state index contributed by atoms with van der Waals surface area (Å²) in [6.07, 6.45) is 5.04. The van der Waals surface area contributed by atoms with Gasteiger partial charge in [0.25, 0.3) is 5.91 Å². The molecule has 0 aliphatic carbocycles. The molecule has 0 bridgehead atoms. The third-order valence-electron chi connectivity index (χ3n) is 2.21. The predicted molar refractivity (Wildman–Crippen MR) is 82.9 cm³/mol. The van der Waals surface area contributed by atoms with E-state index in [0.29, 0.717) is 11.7 Å². The lowest BCUT2D eigenvalue weighted by molar-refractivity contribution is -0.132. The van der Waals surface area contributed by atoms with Gasteiger partial charge in [0.05, 0.1) is 0 Å². The number of amides is 1. The molecule has 1 heterocycles. The number of ether oxygens (including phenoxy) is 1. The van der Waals surface area contributed by atoms with Gasteiger partial charge in [0, 0.05) is 6.54 Å². The molecule has 1 atom stereocenters. The van der Waals surface area contributed by atoms with Gasteiger partial charge >= 0.3 is 0 Å². The summed E-state index contributed by atoms with van der Waals surface area (Å²) in [6.45, 7) is 16.6. The average molecular weight is 269 g/mol. The average Bonchev–Trinajstić information content (AvgIpc) is 2.44. The van der Waals surface area contributed by atoms with Gasteiger partial charge < -0.3 is 10.1 Å². The van der Waals surface area contributed by atoms with Gasteiger partial charge in [-0.3, -0.25) is 4.79 Å². The van der Waals surface area contributed by atoms with E-state index in [0.717, 1.165) is 19.4 Å². The second kappa shape index (κ2) is 13.2. The maximum Gasteiger partial charge on any atom is 0.261 e. The van der Waals surface area contributed by atoms with Gasteiger partial charge in [-0.05, 0) is 30.9 Å². The molecule has 0 radical (unpaired) electrons. The Morgan fingerprint density at radius 3 is 2.37 bits per heavy atom. The van der Waals surface area contributed by atoms with Gasteiger partial charge in [-0.1, -0.05) is 48.1 Å². The Balaban J connectivity index is 0. The molecule has 1 rings (SSSR count). The fraction of sp³-hybridized carbons (Fsp3) is 0.688. The lowest BCUT2D eigenvalue weighted by Crippen LogP contribution is -2.41. The van der Waals surface area contributed by atoms with Gasteiger partial charge in [-0.25, -0.2) is 0 Å². The van der Waals surface area contributed by atoms with Crippen LogP contribution < -0.4 is 5.32 Å². The zero-order valence-corrected chi connectivity index (χ0v) is 13.5. The second-order valence-corrected chi connectivity index (χ2v) is 4.06. The van der Waals surface area contributed by atoms with Crippen molar-refractivity contribution in [2.45, 2.75) is 60.5 Å². The Kier molecular flexibility index (Phi) is 13.9. The third kappa shape index (κ3) is 9.34. The lowest BCUT2D eigenvalue weighted by atomic mass is 10.1. The van der Waals surface area contributed by atoms with Gasteiger partial charge in [0.15, 0.2) is 6.10 Å². The molecule has 1 saturated heterocycles. The first-order valence-electron chi connectivity index (χ1n) is 7.42. The van der Waals surface area contributed by atoms with E-state index in [2.05, 4.69) is 25.7 Å². The highest BCUT2D eigenvalue weighted by atomic mass is 16.5. The fourth-order valence-electron chi connectivity index (χ4n) is 1.50. The smallest absolute Gasteiger partial charge is 0.261 e. The minimum absolute atomic E-state index is 0.0160. The van der Waals surface area contributed by atoms with Gasteiger partial charge in [0.1, 0.15) is 5.76 Å². The van der Waals surface area contributed by atoms with Crippen molar-refractivity contribution in [1.29, 1.82) is 0 Å². The summed E-state index contributed by atoms with van der Waals surface area (Å²) in [6, 6.07) is 0. The van der Waals surface area contributed by atoms with E-state index in [-0.39, 0.29) is 12.0 Å². The van der Waals surface area contributed by atoms with E-state index in [1.165, 1.54) is 0 Å². The topological polar surface area (TPSA) is 38.3 Å². The number of hydrogen-bond donors (Lipinski definition) is 1. The molecule has 0 saturated carbocycles. The van der Waals surface area contributed by atoms with Crippen LogP contribution in [0.25, 0.3) is 0 Å². The molecule has 0 aromatic rings. The van der Waals surface area contributed by atoms with Crippen LogP contribution in [0.15, 0.2) is 24.5 Å². The number of carbonyl (C=O) groups excluding carboxylic acids is 1. The molecule has 0 spiro atoms. The van der Waals surface area contributed by atoms with Crippen molar-refractivity contribution in [2.75, 3.05) is 6.54 Å². The van der Waals surface area contributed by atoms with Crippen molar-refractivity contribution >= 4 is 5.91 Å². The number of hydrogen-bond acceptors (Lipinski definition) is 2. The highest BCUT2D eigenvalue weighted by Crippen LogP contribution is 2.14. The molecule has 0 aromatic carbocycles. The minimum Gasteiger partial charge on any atom is -0.481 e. The normalized spacial score (nSPS) is 18.4. The number of nitrogens with one attached hydrogen (secondary N) is 1. The monoisotopic (exact) mass is 269 g/mol. The molecule has 19 heavy (non-hydrogen) atoms. The van der Waals surface area contributed by atoms with Crippen LogP contribution in [-0.2, 0) is 9.53 Å². The van der Waals surface area contributed by atoms with Crippen LogP contribution in [0.1, 0.15) is 54.4 Å². The van der Waals surface area contributed by atoms with Gasteiger partial charge in [-0.2, -0.15) is 0 Å². The molecular formula is C16H31NO2. The highest BCUT2D eigenvalue weighted by Gasteiger charge is 2.23. The van der Waals surface area contributed by atoms with E-state index in [1.807, 2.05) is 33.8 Å². The number of allylic oxidation sites excluding steroid dienone is 2. The van der Waals surface area contributed by atoms with Crippen molar-refractivity contribution in [2.24, 2.45) is 5.92 Å². The predicted octanol–water partition coefficient (Wildman–Crippen LogP) is 4.06. The first-order chi connectivity index (χ1) is 9.13. The maximum atomic E-state index is 11.4. The molecule has 1 fully saturated rings. The zero-order valence-electron chi connectivity index (χ0n) is 13.5.